The maximum atomic E-state index is 12.5. The Bertz CT molecular complexity index is 1070. The summed E-state index contributed by atoms with van der Waals surface area (Å²) in [6.07, 6.45) is -3.82. The van der Waals surface area contributed by atoms with Gasteiger partial charge in [-0.25, -0.2) is 9.78 Å². The molecule has 1 unspecified atom stereocenters. The molecule has 2 aromatic carbocycles. The summed E-state index contributed by atoms with van der Waals surface area (Å²) < 4.78 is 37.4. The lowest BCUT2D eigenvalue weighted by atomic mass is 10.00. The molecule has 1 amide bonds. The smallest absolute Gasteiger partial charge is 0.475 e. The highest BCUT2D eigenvalue weighted by molar-refractivity contribution is 5.81. The van der Waals surface area contributed by atoms with E-state index in [0.29, 0.717) is 43.3 Å². The summed E-state index contributed by atoms with van der Waals surface area (Å²) in [6, 6.07) is 15.9. The number of amides is 1. The van der Waals surface area contributed by atoms with Crippen molar-refractivity contribution in [2.45, 2.75) is 50.0 Å². The molecule has 0 spiro atoms. The maximum Gasteiger partial charge on any atom is 0.490 e. The van der Waals surface area contributed by atoms with Crippen LogP contribution in [0.2, 0.25) is 0 Å². The van der Waals surface area contributed by atoms with Crippen molar-refractivity contribution in [3.63, 3.8) is 0 Å². The van der Waals surface area contributed by atoms with Gasteiger partial charge in [-0.05, 0) is 49.9 Å². The summed E-state index contributed by atoms with van der Waals surface area (Å²) in [4.78, 5) is 25.8. The third kappa shape index (κ3) is 8.95. The molecule has 0 radical (unpaired) electrons. The second kappa shape index (κ2) is 13.6. The predicted octanol–water partition coefficient (Wildman–Crippen LogP) is 2.68. The number of hydrogen-bond acceptors (Lipinski definition) is 7. The van der Waals surface area contributed by atoms with Gasteiger partial charge in [0.05, 0.1) is 12.1 Å². The number of carboxylic acids is 1. The van der Waals surface area contributed by atoms with Gasteiger partial charge in [0, 0.05) is 0 Å². The molecular formula is C24H29F3N4O5. The lowest BCUT2D eigenvalue weighted by Gasteiger charge is -2.24. The Labute approximate surface area is 205 Å². The van der Waals surface area contributed by atoms with Gasteiger partial charge in [-0.15, -0.1) is 0 Å². The van der Waals surface area contributed by atoms with Crippen LogP contribution in [0, 0.1) is 0 Å². The van der Waals surface area contributed by atoms with E-state index in [1.165, 1.54) is 0 Å². The summed E-state index contributed by atoms with van der Waals surface area (Å²) in [5.74, 6) is -2.89. The summed E-state index contributed by atoms with van der Waals surface area (Å²) in [6.45, 7) is 0.476. The molecule has 0 aliphatic rings. The zero-order valence-corrected chi connectivity index (χ0v) is 19.3. The van der Waals surface area contributed by atoms with Crippen LogP contribution < -0.4 is 16.8 Å². The van der Waals surface area contributed by atoms with Gasteiger partial charge in [-0.3, -0.25) is 4.79 Å². The number of halogens is 3. The molecule has 9 nitrogen and oxygen atoms in total. The molecule has 3 rings (SSSR count). The number of benzene rings is 2. The molecule has 3 atom stereocenters. The average molecular weight is 511 g/mol. The number of aryl methyl sites for hydroxylation is 1. The van der Waals surface area contributed by atoms with Gasteiger partial charge in [-0.2, -0.15) is 13.2 Å². The van der Waals surface area contributed by atoms with E-state index in [-0.39, 0.29) is 11.8 Å². The van der Waals surface area contributed by atoms with Gasteiger partial charge in [0.2, 0.25) is 11.8 Å². The Hall–Kier alpha value is -3.48. The molecule has 3 aromatic rings. The molecule has 0 aliphatic carbocycles. The highest BCUT2D eigenvalue weighted by Crippen LogP contribution is 2.24. The van der Waals surface area contributed by atoms with E-state index in [1.807, 2.05) is 48.5 Å². The van der Waals surface area contributed by atoms with Crippen molar-refractivity contribution >= 4 is 23.0 Å². The number of alkyl halides is 3. The van der Waals surface area contributed by atoms with E-state index in [9.17, 15) is 23.1 Å². The molecule has 0 saturated heterocycles. The number of aliphatic hydroxyl groups excluding tert-OH is 1. The number of hydrogen-bond donors (Lipinski definition) is 5. The summed E-state index contributed by atoms with van der Waals surface area (Å²) in [5, 5.41) is 20.9. The third-order valence-electron chi connectivity index (χ3n) is 5.16. The molecule has 36 heavy (non-hydrogen) atoms. The molecule has 0 saturated carbocycles. The normalized spacial score (nSPS) is 13.8. The van der Waals surface area contributed by atoms with Crippen LogP contribution in [0.15, 0.2) is 59.0 Å². The Morgan fingerprint density at radius 3 is 2.25 bits per heavy atom. The number of carbonyl (C=O) groups is 2. The van der Waals surface area contributed by atoms with E-state index in [2.05, 4.69) is 10.3 Å². The number of aliphatic hydroxyl groups is 1. The lowest BCUT2D eigenvalue weighted by molar-refractivity contribution is -0.192. The van der Waals surface area contributed by atoms with Crippen molar-refractivity contribution in [3.8, 4) is 0 Å². The van der Waals surface area contributed by atoms with E-state index in [0.717, 1.165) is 5.56 Å². The first-order chi connectivity index (χ1) is 17.0. The number of carbonyl (C=O) groups excluding carboxylic acids is 1. The third-order valence-corrected chi connectivity index (χ3v) is 5.16. The van der Waals surface area contributed by atoms with Gasteiger partial charge in [0.1, 0.15) is 5.52 Å². The van der Waals surface area contributed by atoms with Gasteiger partial charge in [-0.1, -0.05) is 42.5 Å². The van der Waals surface area contributed by atoms with Crippen molar-refractivity contribution in [1.82, 2.24) is 10.3 Å². The molecule has 1 heterocycles. The Kier molecular flexibility index (Phi) is 10.8. The number of oxazole rings is 1. The molecule has 12 heteroatoms. The van der Waals surface area contributed by atoms with Gasteiger partial charge < -0.3 is 31.4 Å². The molecular weight excluding hydrogens is 481 g/mol. The zero-order valence-electron chi connectivity index (χ0n) is 19.3. The second-order valence-corrected chi connectivity index (χ2v) is 7.94. The lowest BCUT2D eigenvalue weighted by Crippen LogP contribution is -2.48. The van der Waals surface area contributed by atoms with Crippen molar-refractivity contribution in [2.75, 3.05) is 6.54 Å². The maximum absolute atomic E-state index is 12.5. The number of aromatic nitrogens is 1. The molecule has 196 valence electrons. The van der Waals surface area contributed by atoms with Gasteiger partial charge in [0.15, 0.2) is 11.7 Å². The SMILES string of the molecule is NCCC[C@@H](N)C(=O)N[C@H](CCc1ccccc1)C(O)c1nc2ccccc2o1.O=C(O)C(F)(F)F. The Balaban J connectivity index is 0.000000572. The van der Waals surface area contributed by atoms with Crippen LogP contribution in [-0.4, -0.2) is 51.9 Å². The van der Waals surface area contributed by atoms with E-state index < -0.39 is 30.3 Å². The van der Waals surface area contributed by atoms with Crippen LogP contribution in [0.25, 0.3) is 11.1 Å². The van der Waals surface area contributed by atoms with E-state index in [1.54, 1.807) is 6.07 Å². The minimum atomic E-state index is -5.08. The number of nitrogens with two attached hydrogens (primary N) is 2. The first-order valence-electron chi connectivity index (χ1n) is 11.2. The van der Waals surface area contributed by atoms with E-state index >= 15 is 0 Å². The fourth-order valence-electron chi connectivity index (χ4n) is 3.22. The summed E-state index contributed by atoms with van der Waals surface area (Å²) in [5.41, 5.74) is 13.8. The van der Waals surface area contributed by atoms with Crippen molar-refractivity contribution < 1.29 is 37.4 Å². The molecule has 1 aromatic heterocycles. The largest absolute Gasteiger partial charge is 0.490 e. The number of para-hydroxylation sites is 2. The molecule has 0 bridgehead atoms. The quantitative estimate of drug-likeness (QED) is 0.278. The number of fused-ring (bicyclic) bond motifs is 1. The fraction of sp³-hybridized carbons (Fsp3) is 0.375. The Morgan fingerprint density at radius 2 is 1.67 bits per heavy atom. The van der Waals surface area contributed by atoms with Crippen molar-refractivity contribution in [1.29, 1.82) is 0 Å². The first kappa shape index (κ1) is 28.8. The van der Waals surface area contributed by atoms with Crippen LogP contribution >= 0.6 is 0 Å². The fourth-order valence-corrected chi connectivity index (χ4v) is 3.22. The van der Waals surface area contributed by atoms with Crippen molar-refractivity contribution in [2.24, 2.45) is 11.5 Å². The zero-order chi connectivity index (χ0) is 26.7. The molecule has 0 fully saturated rings. The minimum absolute atomic E-state index is 0.181. The van der Waals surface area contributed by atoms with Crippen LogP contribution in [0.3, 0.4) is 0 Å². The second-order valence-electron chi connectivity index (χ2n) is 7.94. The first-order valence-corrected chi connectivity index (χ1v) is 11.2. The highest BCUT2D eigenvalue weighted by Gasteiger charge is 2.38. The summed E-state index contributed by atoms with van der Waals surface area (Å²) in [7, 11) is 0. The summed E-state index contributed by atoms with van der Waals surface area (Å²) >= 11 is 0. The monoisotopic (exact) mass is 510 g/mol. The van der Waals surface area contributed by atoms with Crippen LogP contribution in [0.5, 0.6) is 0 Å². The number of nitrogens with zero attached hydrogens (tertiary/aromatic N) is 1. The molecule has 7 N–H and O–H groups in total. The average Bonchev–Trinajstić information content (AvgIpc) is 3.29. The number of rotatable bonds is 10. The van der Waals surface area contributed by atoms with Crippen LogP contribution in [-0.2, 0) is 16.0 Å². The minimum Gasteiger partial charge on any atom is -0.475 e. The predicted molar refractivity (Wildman–Crippen MR) is 126 cm³/mol. The van der Waals surface area contributed by atoms with Gasteiger partial charge in [0.25, 0.3) is 0 Å². The van der Waals surface area contributed by atoms with Crippen LogP contribution in [0.1, 0.15) is 36.8 Å². The van der Waals surface area contributed by atoms with Gasteiger partial charge >= 0.3 is 12.1 Å². The van der Waals surface area contributed by atoms with Crippen LogP contribution in [0.4, 0.5) is 13.2 Å². The topological polar surface area (TPSA) is 165 Å². The molecule has 0 aliphatic heterocycles. The highest BCUT2D eigenvalue weighted by atomic mass is 19.4. The van der Waals surface area contributed by atoms with E-state index in [4.69, 9.17) is 25.8 Å². The number of carboxylic acid groups (broad SMARTS) is 1. The Morgan fingerprint density at radius 1 is 1.06 bits per heavy atom. The van der Waals surface area contributed by atoms with Crippen molar-refractivity contribution in [3.05, 3.63) is 66.1 Å². The number of aliphatic carboxylic acids is 1. The number of nitrogens with one attached hydrogen (secondary N) is 1. The standard InChI is InChI=1S/C22H28N4O3.C2HF3O2/c23-14-6-9-16(24)21(28)25-18(13-12-15-7-2-1-3-8-15)20(27)22-26-17-10-4-5-11-19(17)29-22;3-2(4,5)1(6)7/h1-5,7-8,10-11,16,18,20,27H,6,9,12-14,23-24H2,(H,25,28);(H,6,7)/t16-,18-,20?;/m1./s1.